The lowest BCUT2D eigenvalue weighted by Gasteiger charge is -2.37. The Labute approximate surface area is 184 Å². The first-order valence-electron chi connectivity index (χ1n) is 10.8. The van der Waals surface area contributed by atoms with E-state index in [0.717, 1.165) is 12.0 Å². The molecular formula is C24H31NO5S. The molecule has 7 heteroatoms. The first-order valence-corrected chi connectivity index (χ1v) is 12.2. The van der Waals surface area contributed by atoms with Crippen LogP contribution >= 0.6 is 0 Å². The summed E-state index contributed by atoms with van der Waals surface area (Å²) in [6.45, 7) is 5.03. The van der Waals surface area contributed by atoms with E-state index in [4.69, 9.17) is 4.74 Å². The molecule has 2 unspecified atom stereocenters. The number of carboxylic acids is 1. The van der Waals surface area contributed by atoms with E-state index in [9.17, 15) is 18.3 Å². The number of carbonyl (C=O) groups is 1. The Hall–Kier alpha value is -2.38. The number of aliphatic carboxylic acids is 1. The molecule has 1 fully saturated rings. The molecule has 0 amide bonds. The average Bonchev–Trinajstić information content (AvgIpc) is 2.74. The molecule has 3 rings (SSSR count). The Morgan fingerprint density at radius 3 is 2.42 bits per heavy atom. The molecule has 2 aromatic carbocycles. The van der Waals surface area contributed by atoms with E-state index >= 15 is 0 Å². The average molecular weight is 446 g/mol. The number of benzene rings is 2. The minimum Gasteiger partial charge on any atom is -0.494 e. The molecule has 1 aliphatic rings. The fourth-order valence-corrected chi connectivity index (χ4v) is 5.55. The van der Waals surface area contributed by atoms with Crippen molar-refractivity contribution in [1.82, 2.24) is 4.31 Å². The van der Waals surface area contributed by atoms with Gasteiger partial charge in [0.1, 0.15) is 5.75 Å². The highest BCUT2D eigenvalue weighted by atomic mass is 32.2. The highest BCUT2D eigenvalue weighted by Crippen LogP contribution is 2.31. The van der Waals surface area contributed by atoms with Crippen molar-refractivity contribution in [2.24, 2.45) is 11.8 Å². The van der Waals surface area contributed by atoms with Gasteiger partial charge in [-0.2, -0.15) is 4.31 Å². The largest absolute Gasteiger partial charge is 0.494 e. The van der Waals surface area contributed by atoms with Crippen molar-refractivity contribution in [2.75, 3.05) is 13.2 Å². The van der Waals surface area contributed by atoms with Crippen LogP contribution in [0.1, 0.15) is 38.7 Å². The molecule has 1 N–H and O–H groups in total. The number of ether oxygens (including phenoxy) is 1. The first-order chi connectivity index (χ1) is 14.8. The molecule has 0 radical (unpaired) electrons. The zero-order valence-corrected chi connectivity index (χ0v) is 18.9. The molecule has 0 saturated carbocycles. The molecule has 1 saturated heterocycles. The van der Waals surface area contributed by atoms with E-state index in [2.05, 4.69) is 13.8 Å². The molecule has 0 aromatic heterocycles. The van der Waals surface area contributed by atoms with E-state index in [1.54, 1.807) is 24.3 Å². The molecule has 6 nitrogen and oxygen atoms in total. The molecule has 168 valence electrons. The van der Waals surface area contributed by atoms with Crippen molar-refractivity contribution in [1.29, 1.82) is 0 Å². The van der Waals surface area contributed by atoms with Gasteiger partial charge in [-0.15, -0.1) is 0 Å². The second-order valence-corrected chi connectivity index (χ2v) is 10.4. The summed E-state index contributed by atoms with van der Waals surface area (Å²) in [6, 6.07) is 15.7. The van der Waals surface area contributed by atoms with Crippen LogP contribution in [0.4, 0.5) is 0 Å². The Morgan fingerprint density at radius 2 is 1.81 bits per heavy atom. The molecule has 0 bridgehead atoms. The molecule has 1 aliphatic heterocycles. The van der Waals surface area contributed by atoms with Crippen molar-refractivity contribution in [3.63, 3.8) is 0 Å². The highest BCUT2D eigenvalue weighted by Gasteiger charge is 2.39. The van der Waals surface area contributed by atoms with Crippen LogP contribution in [-0.4, -0.2) is 43.0 Å². The Bertz CT molecular complexity index is 957. The van der Waals surface area contributed by atoms with Gasteiger partial charge in [0.15, 0.2) is 0 Å². The van der Waals surface area contributed by atoms with Crippen molar-refractivity contribution in [3.05, 3.63) is 60.2 Å². The Morgan fingerprint density at radius 1 is 1.13 bits per heavy atom. The predicted molar refractivity (Wildman–Crippen MR) is 120 cm³/mol. The second-order valence-electron chi connectivity index (χ2n) is 8.52. The molecule has 31 heavy (non-hydrogen) atoms. The number of rotatable bonds is 9. The topological polar surface area (TPSA) is 83.9 Å². The Kier molecular flexibility index (Phi) is 7.73. The number of hydrogen-bond donors (Lipinski definition) is 1. The number of carboxylic acid groups (broad SMARTS) is 1. The van der Waals surface area contributed by atoms with Gasteiger partial charge in [-0.1, -0.05) is 44.2 Å². The van der Waals surface area contributed by atoms with Crippen LogP contribution in [-0.2, 0) is 21.2 Å². The Balaban J connectivity index is 1.78. The molecule has 1 heterocycles. The quantitative estimate of drug-likeness (QED) is 0.625. The van der Waals surface area contributed by atoms with Gasteiger partial charge < -0.3 is 9.84 Å². The van der Waals surface area contributed by atoms with Crippen LogP contribution in [0.2, 0.25) is 0 Å². The van der Waals surface area contributed by atoms with Crippen LogP contribution < -0.4 is 4.74 Å². The van der Waals surface area contributed by atoms with Crippen LogP contribution in [0.3, 0.4) is 0 Å². The standard InChI is InChI=1S/C24H31NO5S/c1-18(2)13-15-30-22-8-10-23(11-9-22)31(28,29)25-14-12-20(24(26)27)17-21(25)16-19-6-4-3-5-7-19/h3-11,18,20-21H,12-17H2,1-2H3,(H,26,27). The third-order valence-corrected chi connectivity index (χ3v) is 7.69. The van der Waals surface area contributed by atoms with Crippen LogP contribution in [0.15, 0.2) is 59.5 Å². The zero-order valence-electron chi connectivity index (χ0n) is 18.1. The predicted octanol–water partition coefficient (Wildman–Crippen LogP) is 4.21. The van der Waals surface area contributed by atoms with Gasteiger partial charge >= 0.3 is 5.97 Å². The van der Waals surface area contributed by atoms with Gasteiger partial charge in [-0.25, -0.2) is 8.42 Å². The maximum absolute atomic E-state index is 13.4. The van der Waals surface area contributed by atoms with Crippen LogP contribution in [0.5, 0.6) is 5.75 Å². The van der Waals surface area contributed by atoms with Gasteiger partial charge in [0.2, 0.25) is 10.0 Å². The fourth-order valence-electron chi connectivity index (χ4n) is 3.90. The van der Waals surface area contributed by atoms with Crippen molar-refractivity contribution < 1.29 is 23.1 Å². The van der Waals surface area contributed by atoms with Crippen LogP contribution in [0, 0.1) is 11.8 Å². The molecule has 0 spiro atoms. The SMILES string of the molecule is CC(C)CCOc1ccc(S(=O)(=O)N2CCC(C(=O)O)CC2Cc2ccccc2)cc1. The summed E-state index contributed by atoms with van der Waals surface area (Å²) >= 11 is 0. The summed E-state index contributed by atoms with van der Waals surface area (Å²) in [5.41, 5.74) is 0.993. The van der Waals surface area contributed by atoms with Crippen molar-refractivity contribution in [3.8, 4) is 5.75 Å². The van der Waals surface area contributed by atoms with E-state index in [-0.39, 0.29) is 11.4 Å². The number of piperidine rings is 1. The summed E-state index contributed by atoms with van der Waals surface area (Å²) in [7, 11) is -3.75. The van der Waals surface area contributed by atoms with Gasteiger partial charge in [-0.05, 0) is 61.4 Å². The molecule has 0 aliphatic carbocycles. The molecule has 2 atom stereocenters. The van der Waals surface area contributed by atoms with E-state index in [1.165, 1.54) is 4.31 Å². The third-order valence-electron chi connectivity index (χ3n) is 5.72. The summed E-state index contributed by atoms with van der Waals surface area (Å²) < 4.78 is 34.0. The van der Waals surface area contributed by atoms with Gasteiger partial charge in [-0.3, -0.25) is 4.79 Å². The summed E-state index contributed by atoms with van der Waals surface area (Å²) in [5, 5.41) is 9.48. The number of sulfonamides is 1. The van der Waals surface area contributed by atoms with Crippen LogP contribution in [0.25, 0.3) is 0 Å². The molecular weight excluding hydrogens is 414 g/mol. The van der Waals surface area contributed by atoms with E-state index < -0.39 is 28.0 Å². The lowest BCUT2D eigenvalue weighted by atomic mass is 9.89. The van der Waals surface area contributed by atoms with Gasteiger partial charge in [0, 0.05) is 12.6 Å². The zero-order chi connectivity index (χ0) is 22.4. The third kappa shape index (κ3) is 6.08. The van der Waals surface area contributed by atoms with Gasteiger partial charge in [0.05, 0.1) is 17.4 Å². The summed E-state index contributed by atoms with van der Waals surface area (Å²) in [5.74, 6) is -0.213. The minimum atomic E-state index is -3.75. The smallest absolute Gasteiger partial charge is 0.306 e. The number of nitrogens with zero attached hydrogens (tertiary/aromatic N) is 1. The second kappa shape index (κ2) is 10.3. The van der Waals surface area contributed by atoms with E-state index in [1.807, 2.05) is 30.3 Å². The first kappa shape index (κ1) is 23.3. The summed E-state index contributed by atoms with van der Waals surface area (Å²) in [4.78, 5) is 11.8. The van der Waals surface area contributed by atoms with Crippen molar-refractivity contribution in [2.45, 2.75) is 50.5 Å². The number of hydrogen-bond acceptors (Lipinski definition) is 4. The van der Waals surface area contributed by atoms with Crippen molar-refractivity contribution >= 4 is 16.0 Å². The maximum atomic E-state index is 13.4. The lowest BCUT2D eigenvalue weighted by molar-refractivity contribution is -0.143. The normalized spacial score (nSPS) is 20.0. The maximum Gasteiger partial charge on any atom is 0.306 e. The van der Waals surface area contributed by atoms with Gasteiger partial charge in [0.25, 0.3) is 0 Å². The fraction of sp³-hybridized carbons (Fsp3) is 0.458. The van der Waals surface area contributed by atoms with E-state index in [0.29, 0.717) is 37.5 Å². The molecule has 2 aromatic rings. The summed E-state index contributed by atoms with van der Waals surface area (Å²) in [6.07, 6.45) is 2.04. The highest BCUT2D eigenvalue weighted by molar-refractivity contribution is 7.89. The minimum absolute atomic E-state index is 0.198. The monoisotopic (exact) mass is 445 g/mol. The lowest BCUT2D eigenvalue weighted by Crippen LogP contribution is -2.48.